The average molecular weight is 301 g/mol. The van der Waals surface area contributed by atoms with Crippen LogP contribution in [-0.2, 0) is 19.3 Å². The highest BCUT2D eigenvalue weighted by Gasteiger charge is 2.18. The maximum absolute atomic E-state index is 6.81. The number of ether oxygens (including phenoxy) is 1. The molecule has 2 heteroatoms. The molecule has 2 aromatic rings. The van der Waals surface area contributed by atoms with Gasteiger partial charge in [0, 0.05) is 6.42 Å². The molecule has 1 unspecified atom stereocenters. The van der Waals surface area contributed by atoms with Gasteiger partial charge in [-0.2, -0.15) is 0 Å². The van der Waals surface area contributed by atoms with Crippen molar-refractivity contribution in [3.05, 3.63) is 64.2 Å². The van der Waals surface area contributed by atoms with E-state index in [1.165, 1.54) is 27.8 Å². The van der Waals surface area contributed by atoms with Crippen LogP contribution >= 0.6 is 11.6 Å². The number of fused-ring (bicyclic) bond motifs is 1. The smallest absolute Gasteiger partial charge is 0.122 e. The van der Waals surface area contributed by atoms with Gasteiger partial charge in [-0.05, 0) is 46.7 Å². The summed E-state index contributed by atoms with van der Waals surface area (Å²) >= 11 is 6.81. The zero-order chi connectivity index (χ0) is 14.8. The van der Waals surface area contributed by atoms with Crippen molar-refractivity contribution in [2.75, 3.05) is 6.61 Å². The highest BCUT2D eigenvalue weighted by Crippen LogP contribution is 2.36. The van der Waals surface area contributed by atoms with Gasteiger partial charge in [-0.3, -0.25) is 0 Å². The highest BCUT2D eigenvalue weighted by atomic mass is 35.5. The van der Waals surface area contributed by atoms with Crippen LogP contribution in [0.15, 0.2) is 36.4 Å². The molecule has 3 rings (SSSR count). The zero-order valence-corrected chi connectivity index (χ0v) is 13.4. The van der Waals surface area contributed by atoms with Crippen molar-refractivity contribution in [3.63, 3.8) is 0 Å². The Kier molecular flexibility index (Phi) is 4.21. The molecular weight excluding hydrogens is 280 g/mol. The first kappa shape index (κ1) is 14.5. The van der Waals surface area contributed by atoms with E-state index in [4.69, 9.17) is 16.3 Å². The van der Waals surface area contributed by atoms with Crippen molar-refractivity contribution in [2.45, 2.75) is 38.5 Å². The lowest BCUT2D eigenvalue weighted by atomic mass is 9.94. The minimum Gasteiger partial charge on any atom is -0.493 e. The van der Waals surface area contributed by atoms with Crippen LogP contribution in [0.25, 0.3) is 0 Å². The van der Waals surface area contributed by atoms with Crippen molar-refractivity contribution >= 4 is 11.6 Å². The van der Waals surface area contributed by atoms with Crippen LogP contribution in [0.1, 0.15) is 47.0 Å². The lowest BCUT2D eigenvalue weighted by Gasteiger charge is -2.16. The van der Waals surface area contributed by atoms with Crippen LogP contribution in [0.2, 0.25) is 0 Å². The molecule has 0 radical (unpaired) electrons. The third-order valence-corrected chi connectivity index (χ3v) is 4.77. The van der Waals surface area contributed by atoms with Crippen LogP contribution in [0.4, 0.5) is 0 Å². The summed E-state index contributed by atoms with van der Waals surface area (Å²) in [6.07, 6.45) is 3.04. The van der Waals surface area contributed by atoms with Gasteiger partial charge in [0.15, 0.2) is 0 Å². The van der Waals surface area contributed by atoms with Gasteiger partial charge in [-0.25, -0.2) is 0 Å². The Morgan fingerprint density at radius 1 is 1.10 bits per heavy atom. The fraction of sp³-hybridized carbons (Fsp3) is 0.368. The molecule has 0 bridgehead atoms. The summed E-state index contributed by atoms with van der Waals surface area (Å²) in [5.41, 5.74) is 6.38. The molecule has 0 N–H and O–H groups in total. The zero-order valence-electron chi connectivity index (χ0n) is 12.7. The quantitative estimate of drug-likeness (QED) is 0.716. The maximum Gasteiger partial charge on any atom is 0.122 e. The third-order valence-electron chi connectivity index (χ3n) is 4.28. The van der Waals surface area contributed by atoms with Crippen molar-refractivity contribution in [1.82, 2.24) is 0 Å². The molecule has 1 heterocycles. The van der Waals surface area contributed by atoms with Crippen LogP contribution in [0, 0.1) is 0 Å². The summed E-state index contributed by atoms with van der Waals surface area (Å²) in [6.45, 7) is 5.16. The Hall–Kier alpha value is -1.47. The summed E-state index contributed by atoms with van der Waals surface area (Å²) < 4.78 is 5.58. The largest absolute Gasteiger partial charge is 0.493 e. The molecule has 0 aliphatic carbocycles. The fourth-order valence-corrected chi connectivity index (χ4v) is 3.30. The predicted molar refractivity (Wildman–Crippen MR) is 88.5 cm³/mol. The van der Waals surface area contributed by atoms with Crippen LogP contribution in [-0.4, -0.2) is 6.61 Å². The fourth-order valence-electron chi connectivity index (χ4n) is 2.97. The van der Waals surface area contributed by atoms with E-state index in [0.29, 0.717) is 0 Å². The molecule has 1 aliphatic heterocycles. The van der Waals surface area contributed by atoms with E-state index in [0.717, 1.165) is 31.6 Å². The molecule has 2 aromatic carbocycles. The van der Waals surface area contributed by atoms with Crippen molar-refractivity contribution in [3.8, 4) is 5.75 Å². The standard InChI is InChI=1S/C19H21ClO/c1-3-13-5-6-14(4-2)17(11-13)19(20)16-7-8-18-15(12-16)9-10-21-18/h5-8,11-12,19H,3-4,9-10H2,1-2H3. The monoisotopic (exact) mass is 300 g/mol. The number of alkyl halides is 1. The SMILES string of the molecule is CCc1ccc(CC)c(C(Cl)c2ccc3c(c2)CCO3)c1. The predicted octanol–water partition coefficient (Wildman–Crippen LogP) is 5.07. The Morgan fingerprint density at radius 2 is 1.95 bits per heavy atom. The second-order valence-electron chi connectivity index (χ2n) is 5.57. The van der Waals surface area contributed by atoms with Gasteiger partial charge < -0.3 is 4.74 Å². The third kappa shape index (κ3) is 2.80. The second kappa shape index (κ2) is 6.11. The molecule has 1 atom stereocenters. The van der Waals surface area contributed by atoms with Crippen molar-refractivity contribution in [2.24, 2.45) is 0 Å². The molecule has 1 nitrogen and oxygen atoms in total. The van der Waals surface area contributed by atoms with E-state index >= 15 is 0 Å². The Balaban J connectivity index is 1.99. The van der Waals surface area contributed by atoms with Gasteiger partial charge in [0.05, 0.1) is 12.0 Å². The van der Waals surface area contributed by atoms with Gasteiger partial charge in [0.2, 0.25) is 0 Å². The first-order valence-electron chi connectivity index (χ1n) is 7.74. The van der Waals surface area contributed by atoms with E-state index in [1.54, 1.807) is 0 Å². The Morgan fingerprint density at radius 3 is 2.71 bits per heavy atom. The van der Waals surface area contributed by atoms with E-state index in [-0.39, 0.29) is 5.38 Å². The first-order chi connectivity index (χ1) is 10.2. The number of hydrogen-bond donors (Lipinski definition) is 0. The molecule has 0 aromatic heterocycles. The summed E-state index contributed by atoms with van der Waals surface area (Å²) in [5.74, 6) is 1.01. The summed E-state index contributed by atoms with van der Waals surface area (Å²) in [4.78, 5) is 0. The molecule has 0 saturated heterocycles. The van der Waals surface area contributed by atoms with E-state index in [9.17, 15) is 0 Å². The van der Waals surface area contributed by atoms with Crippen LogP contribution < -0.4 is 4.74 Å². The number of benzene rings is 2. The van der Waals surface area contributed by atoms with Gasteiger partial charge in [-0.1, -0.05) is 44.2 Å². The number of aryl methyl sites for hydroxylation is 2. The van der Waals surface area contributed by atoms with Gasteiger partial charge in [-0.15, -0.1) is 11.6 Å². The number of halogens is 1. The van der Waals surface area contributed by atoms with E-state index in [1.807, 2.05) is 0 Å². The van der Waals surface area contributed by atoms with Crippen molar-refractivity contribution < 1.29 is 4.74 Å². The molecule has 0 fully saturated rings. The summed E-state index contributed by atoms with van der Waals surface area (Å²) in [5, 5.41) is -0.0858. The van der Waals surface area contributed by atoms with E-state index < -0.39 is 0 Å². The minimum absolute atomic E-state index is 0.0858. The average Bonchev–Trinajstić information content (AvgIpc) is 3.01. The number of hydrogen-bond acceptors (Lipinski definition) is 1. The molecule has 0 amide bonds. The minimum atomic E-state index is -0.0858. The topological polar surface area (TPSA) is 9.23 Å². The van der Waals surface area contributed by atoms with Gasteiger partial charge >= 0.3 is 0 Å². The van der Waals surface area contributed by atoms with Gasteiger partial charge in [0.1, 0.15) is 5.75 Å². The first-order valence-corrected chi connectivity index (χ1v) is 8.18. The Bertz CT molecular complexity index is 648. The lowest BCUT2D eigenvalue weighted by molar-refractivity contribution is 0.357. The normalized spacial score (nSPS) is 14.6. The molecule has 21 heavy (non-hydrogen) atoms. The molecule has 0 saturated carbocycles. The molecular formula is C19H21ClO. The second-order valence-corrected chi connectivity index (χ2v) is 6.00. The molecule has 110 valence electrons. The Labute approximate surface area is 131 Å². The highest BCUT2D eigenvalue weighted by molar-refractivity contribution is 6.22. The summed E-state index contributed by atoms with van der Waals surface area (Å²) in [6, 6.07) is 13.1. The van der Waals surface area contributed by atoms with Crippen LogP contribution in [0.5, 0.6) is 5.75 Å². The van der Waals surface area contributed by atoms with Crippen LogP contribution in [0.3, 0.4) is 0 Å². The van der Waals surface area contributed by atoms with Crippen molar-refractivity contribution in [1.29, 1.82) is 0 Å². The molecule has 0 spiro atoms. The summed E-state index contributed by atoms with van der Waals surface area (Å²) in [7, 11) is 0. The maximum atomic E-state index is 6.81. The van der Waals surface area contributed by atoms with Gasteiger partial charge in [0.25, 0.3) is 0 Å². The lowest BCUT2D eigenvalue weighted by Crippen LogP contribution is -2.00. The molecule has 1 aliphatic rings. The number of rotatable bonds is 4. The van der Waals surface area contributed by atoms with E-state index in [2.05, 4.69) is 50.2 Å².